The van der Waals surface area contributed by atoms with E-state index in [4.69, 9.17) is 0 Å². The Morgan fingerprint density at radius 3 is 2.55 bits per heavy atom. The monoisotopic (exact) mass is 399 g/mol. The summed E-state index contributed by atoms with van der Waals surface area (Å²) in [5.74, 6) is 1.68. The van der Waals surface area contributed by atoms with Crippen molar-refractivity contribution in [3.8, 4) is 0 Å². The van der Waals surface area contributed by atoms with Crippen molar-refractivity contribution in [3.63, 3.8) is 0 Å². The molecule has 29 heavy (non-hydrogen) atoms. The summed E-state index contributed by atoms with van der Waals surface area (Å²) in [5, 5.41) is 6.60. The third kappa shape index (κ3) is 6.73. The van der Waals surface area contributed by atoms with Crippen LogP contribution in [-0.4, -0.2) is 73.1 Å². The maximum absolute atomic E-state index is 12.5. The lowest BCUT2D eigenvalue weighted by atomic mass is 9.97. The van der Waals surface area contributed by atoms with Crippen molar-refractivity contribution in [1.82, 2.24) is 25.5 Å². The number of guanidine groups is 1. The van der Waals surface area contributed by atoms with E-state index in [-0.39, 0.29) is 5.91 Å². The van der Waals surface area contributed by atoms with Crippen LogP contribution in [0.25, 0.3) is 0 Å². The van der Waals surface area contributed by atoms with Crippen molar-refractivity contribution < 1.29 is 4.79 Å². The molecule has 3 rings (SSSR count). The number of rotatable bonds is 7. The molecule has 8 heteroatoms. The summed E-state index contributed by atoms with van der Waals surface area (Å²) in [6, 6.07) is 1.81. The maximum atomic E-state index is 12.5. The Morgan fingerprint density at radius 1 is 1.10 bits per heavy atom. The third-order valence-electron chi connectivity index (χ3n) is 5.45. The zero-order valence-corrected chi connectivity index (χ0v) is 17.4. The Labute approximate surface area is 173 Å². The number of aliphatic imine (C=N–C) groups is 1. The lowest BCUT2D eigenvalue weighted by molar-refractivity contribution is -0.131. The van der Waals surface area contributed by atoms with Gasteiger partial charge in [0, 0.05) is 65.1 Å². The Hall–Kier alpha value is -2.64. The van der Waals surface area contributed by atoms with Gasteiger partial charge in [0.2, 0.25) is 11.9 Å². The topological polar surface area (TPSA) is 85.8 Å². The van der Waals surface area contributed by atoms with E-state index in [0.29, 0.717) is 26.1 Å². The summed E-state index contributed by atoms with van der Waals surface area (Å²) in [7, 11) is 1.77. The number of hydrogen-bond acceptors (Lipinski definition) is 5. The normalized spacial score (nSPS) is 17.7. The van der Waals surface area contributed by atoms with Crippen LogP contribution < -0.4 is 15.5 Å². The van der Waals surface area contributed by atoms with Gasteiger partial charge < -0.3 is 20.4 Å². The van der Waals surface area contributed by atoms with Crippen molar-refractivity contribution in [2.45, 2.75) is 38.5 Å². The summed E-state index contributed by atoms with van der Waals surface area (Å²) in [5.41, 5.74) is 1.55. The molecule has 1 aliphatic heterocycles. The summed E-state index contributed by atoms with van der Waals surface area (Å²) >= 11 is 0. The number of carbonyl (C=O) groups excluding carboxylic acids is 1. The molecular formula is C21H33N7O. The van der Waals surface area contributed by atoms with Crippen LogP contribution in [-0.2, 0) is 4.79 Å². The number of amides is 1. The molecule has 0 bridgehead atoms. The van der Waals surface area contributed by atoms with Crippen LogP contribution in [0, 0.1) is 0 Å². The predicted molar refractivity (Wildman–Crippen MR) is 116 cm³/mol. The van der Waals surface area contributed by atoms with E-state index in [1.807, 2.05) is 11.0 Å². The molecule has 2 N–H and O–H groups in total. The minimum atomic E-state index is 0.175. The van der Waals surface area contributed by atoms with Gasteiger partial charge in [0.1, 0.15) is 0 Å². The Bertz CT molecular complexity index is 696. The molecule has 8 nitrogen and oxygen atoms in total. The molecule has 1 fully saturated rings. The number of anilines is 1. The van der Waals surface area contributed by atoms with Gasteiger partial charge in [0.15, 0.2) is 5.96 Å². The molecule has 2 heterocycles. The molecule has 1 aromatic heterocycles. The van der Waals surface area contributed by atoms with Crippen LogP contribution >= 0.6 is 0 Å². The van der Waals surface area contributed by atoms with Gasteiger partial charge in [-0.3, -0.25) is 9.79 Å². The van der Waals surface area contributed by atoms with Crippen LogP contribution in [0.1, 0.15) is 38.5 Å². The first kappa shape index (κ1) is 21.1. The molecule has 0 aromatic carbocycles. The van der Waals surface area contributed by atoms with Crippen molar-refractivity contribution in [1.29, 1.82) is 0 Å². The van der Waals surface area contributed by atoms with Crippen molar-refractivity contribution in [3.05, 3.63) is 30.1 Å². The van der Waals surface area contributed by atoms with Crippen LogP contribution in [0.4, 0.5) is 5.95 Å². The zero-order valence-electron chi connectivity index (χ0n) is 17.4. The summed E-state index contributed by atoms with van der Waals surface area (Å²) in [4.78, 5) is 29.4. The van der Waals surface area contributed by atoms with Gasteiger partial charge in [-0.25, -0.2) is 9.97 Å². The van der Waals surface area contributed by atoms with Crippen LogP contribution in [0.3, 0.4) is 0 Å². The van der Waals surface area contributed by atoms with E-state index in [1.54, 1.807) is 25.0 Å². The molecule has 0 unspecified atom stereocenters. The fourth-order valence-corrected chi connectivity index (χ4v) is 3.75. The van der Waals surface area contributed by atoms with Crippen molar-refractivity contribution in [2.24, 2.45) is 4.99 Å². The van der Waals surface area contributed by atoms with Gasteiger partial charge in [-0.1, -0.05) is 11.6 Å². The lowest BCUT2D eigenvalue weighted by Crippen LogP contribution is -2.50. The summed E-state index contributed by atoms with van der Waals surface area (Å²) in [6.07, 6.45) is 12.5. The highest BCUT2D eigenvalue weighted by molar-refractivity contribution is 5.81. The standard InChI is InChI=1S/C21H33N7O/c1-22-20(23-12-8-18-6-3-2-4-7-18)24-13-9-19(29)27-14-16-28(17-15-27)21-25-10-5-11-26-21/h5-6,10-11H,2-4,7-9,12-17H2,1H3,(H2,22,23,24). The minimum Gasteiger partial charge on any atom is -0.356 e. The van der Waals surface area contributed by atoms with Crippen LogP contribution in [0.2, 0.25) is 0 Å². The molecular weight excluding hydrogens is 366 g/mol. The average molecular weight is 400 g/mol. The number of carbonyl (C=O) groups is 1. The molecule has 1 amide bonds. The third-order valence-corrected chi connectivity index (χ3v) is 5.45. The molecule has 0 saturated carbocycles. The molecule has 0 spiro atoms. The lowest BCUT2D eigenvalue weighted by Gasteiger charge is -2.34. The van der Waals surface area contributed by atoms with Crippen LogP contribution in [0.5, 0.6) is 0 Å². The molecule has 1 aliphatic carbocycles. The summed E-state index contributed by atoms with van der Waals surface area (Å²) in [6.45, 7) is 4.41. The number of allylic oxidation sites excluding steroid dienone is 1. The van der Waals surface area contributed by atoms with Gasteiger partial charge in [-0.15, -0.1) is 0 Å². The maximum Gasteiger partial charge on any atom is 0.225 e. The Morgan fingerprint density at radius 2 is 1.86 bits per heavy atom. The van der Waals surface area contributed by atoms with Gasteiger partial charge in [-0.05, 0) is 38.2 Å². The van der Waals surface area contributed by atoms with Gasteiger partial charge in [0.05, 0.1) is 0 Å². The van der Waals surface area contributed by atoms with E-state index < -0.39 is 0 Å². The second-order valence-electron chi connectivity index (χ2n) is 7.45. The smallest absolute Gasteiger partial charge is 0.225 e. The highest BCUT2D eigenvalue weighted by atomic mass is 16.2. The minimum absolute atomic E-state index is 0.175. The largest absolute Gasteiger partial charge is 0.356 e. The van der Waals surface area contributed by atoms with Crippen molar-refractivity contribution >= 4 is 17.8 Å². The number of nitrogens with zero attached hydrogens (tertiary/aromatic N) is 5. The molecule has 0 radical (unpaired) electrons. The number of piperazine rings is 1. The van der Waals surface area contributed by atoms with Crippen LogP contribution in [0.15, 0.2) is 35.1 Å². The Kier molecular flexibility index (Phi) is 8.27. The second-order valence-corrected chi connectivity index (χ2v) is 7.45. The first-order chi connectivity index (χ1) is 14.3. The molecule has 158 valence electrons. The van der Waals surface area contributed by atoms with Crippen molar-refractivity contribution in [2.75, 3.05) is 51.2 Å². The van der Waals surface area contributed by atoms with E-state index in [2.05, 4.69) is 36.6 Å². The Balaban J connectivity index is 1.31. The number of aromatic nitrogens is 2. The van der Waals surface area contributed by atoms with E-state index in [1.165, 1.54) is 25.7 Å². The molecule has 1 saturated heterocycles. The van der Waals surface area contributed by atoms with Gasteiger partial charge in [0.25, 0.3) is 0 Å². The fourth-order valence-electron chi connectivity index (χ4n) is 3.75. The molecule has 2 aliphatic rings. The van der Waals surface area contributed by atoms with E-state index in [0.717, 1.165) is 38.0 Å². The van der Waals surface area contributed by atoms with E-state index >= 15 is 0 Å². The fraction of sp³-hybridized carbons (Fsp3) is 0.619. The highest BCUT2D eigenvalue weighted by Crippen LogP contribution is 2.19. The first-order valence-electron chi connectivity index (χ1n) is 10.7. The first-order valence-corrected chi connectivity index (χ1v) is 10.7. The summed E-state index contributed by atoms with van der Waals surface area (Å²) < 4.78 is 0. The average Bonchev–Trinajstić information content (AvgIpc) is 2.79. The SMILES string of the molecule is CN=C(NCCC(=O)N1CCN(c2ncccn2)CC1)NCCC1=CCCCC1. The van der Waals surface area contributed by atoms with Gasteiger partial charge >= 0.3 is 0 Å². The van der Waals surface area contributed by atoms with Gasteiger partial charge in [-0.2, -0.15) is 0 Å². The zero-order chi connectivity index (χ0) is 20.3. The molecule has 1 aromatic rings. The number of hydrogen-bond donors (Lipinski definition) is 2. The highest BCUT2D eigenvalue weighted by Gasteiger charge is 2.22. The van der Waals surface area contributed by atoms with E-state index in [9.17, 15) is 4.79 Å². The number of nitrogens with one attached hydrogen (secondary N) is 2. The second kappa shape index (κ2) is 11.4. The quantitative estimate of drug-likeness (QED) is 0.411. The predicted octanol–water partition coefficient (Wildman–Crippen LogP) is 1.57. The molecule has 0 atom stereocenters.